The fraction of sp³-hybridized carbons (Fsp3) is 0.350. The predicted molar refractivity (Wildman–Crippen MR) is 125 cm³/mol. The summed E-state index contributed by atoms with van der Waals surface area (Å²) >= 11 is 0. The molecule has 0 saturated carbocycles. The Kier molecular flexibility index (Phi) is 17.4. The zero-order chi connectivity index (χ0) is 27.6. The number of amides is 1. The van der Waals surface area contributed by atoms with Crippen molar-refractivity contribution in [1.82, 2.24) is 4.98 Å². The Hall–Kier alpha value is -4.05. The predicted octanol–water partition coefficient (Wildman–Crippen LogP) is -2.15. The van der Waals surface area contributed by atoms with E-state index >= 15 is 0 Å². The number of para-hydroxylation sites is 1. The Morgan fingerprint density at radius 1 is 0.829 bits per heavy atom. The van der Waals surface area contributed by atoms with Crippen molar-refractivity contribution in [1.29, 1.82) is 0 Å². The van der Waals surface area contributed by atoms with Crippen molar-refractivity contribution in [2.75, 3.05) is 13.1 Å². The summed E-state index contributed by atoms with van der Waals surface area (Å²) in [7, 11) is 0. The van der Waals surface area contributed by atoms with Crippen molar-refractivity contribution in [2.45, 2.75) is 31.3 Å². The number of hydrogen-bond donors (Lipinski definition) is 10. The number of carbonyl (C=O) groups excluding carboxylic acids is 1. The Bertz CT molecular complexity index is 949. The number of aliphatic carboxylic acids is 4. The lowest BCUT2D eigenvalue weighted by atomic mass is 10.1. The van der Waals surface area contributed by atoms with Gasteiger partial charge in [0.1, 0.15) is 12.1 Å². The lowest BCUT2D eigenvalue weighted by molar-refractivity contribution is -0.139. The van der Waals surface area contributed by atoms with Crippen LogP contribution in [-0.2, 0) is 30.4 Å². The molecule has 0 aliphatic heterocycles. The molecule has 1 amide bonds. The molecule has 0 fully saturated rings. The average Bonchev–Trinajstić information content (AvgIpc) is 3.21. The first-order chi connectivity index (χ1) is 16.3. The minimum atomic E-state index is -1.11. The van der Waals surface area contributed by atoms with Crippen LogP contribution in [0.4, 0.5) is 0 Å². The number of carbonyl (C=O) groups is 5. The molecule has 196 valence electrons. The minimum absolute atomic E-state index is 0.0213. The van der Waals surface area contributed by atoms with Crippen LogP contribution in [0.15, 0.2) is 30.5 Å². The smallest absolute Gasteiger partial charge is 0.320 e. The molecular weight excluding hydrogens is 468 g/mol. The van der Waals surface area contributed by atoms with Gasteiger partial charge in [0.2, 0.25) is 5.91 Å². The van der Waals surface area contributed by atoms with E-state index in [9.17, 15) is 24.0 Å². The molecular formula is C20H32N6O9. The molecule has 1 aromatic carbocycles. The topological polar surface area (TPSA) is 312 Å². The number of nitrogens with one attached hydrogen (secondary N) is 1. The van der Waals surface area contributed by atoms with E-state index in [-0.39, 0.29) is 25.9 Å². The van der Waals surface area contributed by atoms with Gasteiger partial charge in [0.05, 0.1) is 13.1 Å². The summed E-state index contributed by atoms with van der Waals surface area (Å²) in [6.45, 7) is -0.556. The van der Waals surface area contributed by atoms with Crippen LogP contribution >= 0.6 is 0 Å². The van der Waals surface area contributed by atoms with Gasteiger partial charge in [0, 0.05) is 29.9 Å². The van der Waals surface area contributed by atoms with Crippen molar-refractivity contribution in [3.63, 3.8) is 0 Å². The van der Waals surface area contributed by atoms with Gasteiger partial charge in [-0.05, 0) is 18.1 Å². The van der Waals surface area contributed by atoms with E-state index in [1.54, 1.807) is 0 Å². The lowest BCUT2D eigenvalue weighted by Crippen LogP contribution is -2.32. The highest BCUT2D eigenvalue weighted by molar-refractivity contribution is 5.84. The summed E-state index contributed by atoms with van der Waals surface area (Å²) in [4.78, 5) is 52.3. The number of hydrogen-bond acceptors (Lipinski definition) is 9. The third-order valence-corrected chi connectivity index (χ3v) is 3.80. The van der Waals surface area contributed by atoms with Crippen molar-refractivity contribution < 1.29 is 44.4 Å². The highest BCUT2D eigenvalue weighted by Crippen LogP contribution is 2.18. The van der Waals surface area contributed by atoms with Gasteiger partial charge in [-0.15, -0.1) is 0 Å². The van der Waals surface area contributed by atoms with E-state index in [0.29, 0.717) is 6.42 Å². The number of nitrogens with two attached hydrogens (primary N) is 5. The molecule has 1 aromatic heterocycles. The molecule has 0 spiro atoms. The first kappa shape index (κ1) is 33.1. The molecule has 15 heteroatoms. The van der Waals surface area contributed by atoms with Crippen LogP contribution in [0.5, 0.6) is 0 Å². The highest BCUT2D eigenvalue weighted by Gasteiger charge is 2.14. The standard InChI is InChI=1S/C11H12N2O2.C5H10N2O3.2C2H5NO2/c12-9(11(14)15)5-7-6-13-10-4-2-1-3-8(7)10;6-3(5(9)10)1-2-4(7)8;2*3-1-2(4)5/h1-4,6,9,13H,5,12H2,(H,14,15);3H,1-2,6H2,(H2,7,8)(H,9,10);2*1,3H2,(H,4,5)/t9-;3-;;/m00../s1. The van der Waals surface area contributed by atoms with E-state index in [0.717, 1.165) is 16.5 Å². The Morgan fingerprint density at radius 3 is 1.69 bits per heavy atom. The second-order valence-corrected chi connectivity index (χ2v) is 6.65. The summed E-state index contributed by atoms with van der Waals surface area (Å²) < 4.78 is 0. The summed E-state index contributed by atoms with van der Waals surface area (Å²) in [6, 6.07) is 5.93. The second kappa shape index (κ2) is 18.4. The molecule has 15 nitrogen and oxygen atoms in total. The molecule has 0 aliphatic rings. The molecule has 2 rings (SSSR count). The van der Waals surface area contributed by atoms with Crippen molar-refractivity contribution >= 4 is 40.7 Å². The number of aromatic nitrogens is 1. The number of benzene rings is 1. The van der Waals surface area contributed by atoms with Gasteiger partial charge in [-0.3, -0.25) is 24.0 Å². The van der Waals surface area contributed by atoms with Gasteiger partial charge in [0.15, 0.2) is 0 Å². The number of carboxylic acids is 4. The number of aromatic amines is 1. The third-order valence-electron chi connectivity index (χ3n) is 3.80. The molecule has 2 atom stereocenters. The summed E-state index contributed by atoms with van der Waals surface area (Å²) in [6.07, 6.45) is 2.28. The molecule has 0 bridgehead atoms. The highest BCUT2D eigenvalue weighted by atomic mass is 16.4. The van der Waals surface area contributed by atoms with E-state index in [1.807, 2.05) is 30.5 Å². The molecule has 0 unspecified atom stereocenters. The molecule has 15 N–H and O–H groups in total. The molecule has 0 saturated heterocycles. The number of rotatable bonds is 9. The summed E-state index contributed by atoms with van der Waals surface area (Å²) in [5, 5.41) is 33.2. The largest absolute Gasteiger partial charge is 0.480 e. The second-order valence-electron chi connectivity index (χ2n) is 6.65. The van der Waals surface area contributed by atoms with Crippen LogP contribution in [0, 0.1) is 0 Å². The van der Waals surface area contributed by atoms with E-state index in [4.69, 9.17) is 37.6 Å². The van der Waals surface area contributed by atoms with Crippen molar-refractivity contribution in [3.05, 3.63) is 36.0 Å². The quantitative estimate of drug-likeness (QED) is 0.176. The summed E-state index contributed by atoms with van der Waals surface area (Å²) in [5.74, 6) is -4.55. The van der Waals surface area contributed by atoms with Gasteiger partial charge in [-0.25, -0.2) is 0 Å². The van der Waals surface area contributed by atoms with Crippen LogP contribution < -0.4 is 28.7 Å². The Morgan fingerprint density at radius 2 is 1.29 bits per heavy atom. The third kappa shape index (κ3) is 17.1. The van der Waals surface area contributed by atoms with Crippen LogP contribution in [0.1, 0.15) is 18.4 Å². The van der Waals surface area contributed by atoms with Crippen LogP contribution in [0.2, 0.25) is 0 Å². The van der Waals surface area contributed by atoms with Gasteiger partial charge < -0.3 is 54.1 Å². The van der Waals surface area contributed by atoms with Gasteiger partial charge in [-0.2, -0.15) is 0 Å². The molecule has 2 aromatic rings. The lowest BCUT2D eigenvalue weighted by Gasteiger charge is -2.04. The monoisotopic (exact) mass is 500 g/mol. The van der Waals surface area contributed by atoms with Crippen molar-refractivity contribution in [3.8, 4) is 0 Å². The Labute approximate surface area is 199 Å². The van der Waals surface area contributed by atoms with E-state index in [1.165, 1.54) is 0 Å². The van der Waals surface area contributed by atoms with Gasteiger partial charge in [0.25, 0.3) is 0 Å². The van der Waals surface area contributed by atoms with Crippen LogP contribution in [0.3, 0.4) is 0 Å². The zero-order valence-electron chi connectivity index (χ0n) is 18.8. The zero-order valence-corrected chi connectivity index (χ0v) is 18.8. The Balaban J connectivity index is 0. The summed E-state index contributed by atoms with van der Waals surface area (Å²) in [5.41, 5.74) is 26.4. The SMILES string of the molecule is NC(=O)CC[C@H](N)C(=O)O.NCC(=O)O.NCC(=O)O.N[C@@H](Cc1c[nH]c2ccccc12)C(=O)O. The normalized spacial score (nSPS) is 11.2. The first-order valence-electron chi connectivity index (χ1n) is 9.90. The molecule has 35 heavy (non-hydrogen) atoms. The first-order valence-corrected chi connectivity index (χ1v) is 9.90. The maximum Gasteiger partial charge on any atom is 0.320 e. The molecule has 1 heterocycles. The van der Waals surface area contributed by atoms with Crippen LogP contribution in [-0.4, -0.2) is 80.4 Å². The molecule has 0 radical (unpaired) electrons. The van der Waals surface area contributed by atoms with Crippen molar-refractivity contribution in [2.24, 2.45) is 28.7 Å². The maximum absolute atomic E-state index is 10.6. The minimum Gasteiger partial charge on any atom is -0.480 e. The van der Waals surface area contributed by atoms with E-state index < -0.39 is 41.9 Å². The fourth-order valence-corrected chi connectivity index (χ4v) is 2.05. The van der Waals surface area contributed by atoms with E-state index in [2.05, 4.69) is 16.5 Å². The van der Waals surface area contributed by atoms with Gasteiger partial charge in [-0.1, -0.05) is 18.2 Å². The number of primary amides is 1. The maximum atomic E-state index is 10.6. The van der Waals surface area contributed by atoms with Gasteiger partial charge >= 0.3 is 23.9 Å². The number of H-pyrrole nitrogens is 1. The number of carboxylic acid groups (broad SMARTS) is 4. The number of fused-ring (bicyclic) bond motifs is 1. The average molecular weight is 501 g/mol. The molecule has 0 aliphatic carbocycles. The fourth-order valence-electron chi connectivity index (χ4n) is 2.05. The van der Waals surface area contributed by atoms with Crippen LogP contribution in [0.25, 0.3) is 10.9 Å².